The summed E-state index contributed by atoms with van der Waals surface area (Å²) < 4.78 is 12.9. The summed E-state index contributed by atoms with van der Waals surface area (Å²) in [6, 6.07) is 16.3. The second-order valence-electron chi connectivity index (χ2n) is 7.59. The minimum absolute atomic E-state index is 0.848. The van der Waals surface area contributed by atoms with Gasteiger partial charge < -0.3 is 14.0 Å². The Hall–Kier alpha value is -2.53. The summed E-state index contributed by atoms with van der Waals surface area (Å²) in [4.78, 5) is 4.76. The van der Waals surface area contributed by atoms with E-state index in [9.17, 15) is 0 Å². The molecular weight excluding hydrogens is 340 g/mol. The first-order valence-corrected chi connectivity index (χ1v) is 12.5. The van der Waals surface area contributed by atoms with Crippen LogP contribution in [0.4, 0.5) is 0 Å². The maximum absolute atomic E-state index is 5.31. The van der Waals surface area contributed by atoms with Gasteiger partial charge in [0, 0.05) is 17.3 Å². The van der Waals surface area contributed by atoms with Gasteiger partial charge in [0.05, 0.1) is 40.0 Å². The fourth-order valence-corrected chi connectivity index (χ4v) is 4.29. The monoisotopic (exact) mass is 366 g/mol. The topological polar surface area (TPSA) is 36.3 Å². The predicted octanol–water partition coefficient (Wildman–Crippen LogP) is 5.11. The van der Waals surface area contributed by atoms with Crippen LogP contribution >= 0.6 is 0 Å². The molecule has 0 saturated heterocycles. The summed E-state index contributed by atoms with van der Waals surface area (Å²) >= 11 is 0. The van der Waals surface area contributed by atoms with Gasteiger partial charge in [0.15, 0.2) is 0 Å². The lowest BCUT2D eigenvalue weighted by Crippen LogP contribution is -2.28. The third kappa shape index (κ3) is 3.99. The number of rotatable bonds is 6. The highest BCUT2D eigenvalue weighted by Crippen LogP contribution is 2.33. The Bertz CT molecular complexity index is 863. The van der Waals surface area contributed by atoms with E-state index in [2.05, 4.69) is 48.5 Å². The molecule has 3 rings (SSSR count). The quantitative estimate of drug-likeness (QED) is 0.569. The number of methoxy groups -OCH3 is 2. The number of aromatic nitrogens is 2. The van der Waals surface area contributed by atoms with Gasteiger partial charge in [-0.2, -0.15) is 0 Å². The Balaban J connectivity index is 2.11. The second-order valence-corrected chi connectivity index (χ2v) is 13.0. The lowest BCUT2D eigenvalue weighted by atomic mass is 10.0. The largest absolute Gasteiger partial charge is 0.497 e. The summed E-state index contributed by atoms with van der Waals surface area (Å²) in [5, 5.41) is 0. The van der Waals surface area contributed by atoms with Crippen LogP contribution in [0.3, 0.4) is 0 Å². The number of ether oxygens (including phenoxy) is 2. The van der Waals surface area contributed by atoms with E-state index in [1.165, 1.54) is 0 Å². The highest BCUT2D eigenvalue weighted by Gasteiger charge is 2.20. The number of benzene rings is 2. The molecule has 0 spiro atoms. The van der Waals surface area contributed by atoms with Crippen LogP contribution in [0.2, 0.25) is 19.6 Å². The summed E-state index contributed by atoms with van der Waals surface area (Å²) in [5.74, 6) is 1.71. The van der Waals surface area contributed by atoms with Crippen LogP contribution in [-0.4, -0.2) is 31.8 Å². The zero-order valence-electron chi connectivity index (χ0n) is 16.1. The van der Waals surface area contributed by atoms with Crippen molar-refractivity contribution in [3.05, 3.63) is 54.9 Å². The smallest absolute Gasteiger partial charge is 0.118 e. The Labute approximate surface area is 156 Å². The van der Waals surface area contributed by atoms with Gasteiger partial charge in [-0.1, -0.05) is 19.6 Å². The molecular formula is C21H26N2O2Si. The minimum atomic E-state index is -1.30. The van der Waals surface area contributed by atoms with E-state index in [0.717, 1.165) is 40.2 Å². The highest BCUT2D eigenvalue weighted by molar-refractivity contribution is 6.75. The molecule has 0 aliphatic carbocycles. The Kier molecular flexibility index (Phi) is 5.18. The first kappa shape index (κ1) is 18.3. The third-order valence-electron chi connectivity index (χ3n) is 4.21. The van der Waals surface area contributed by atoms with Crippen molar-refractivity contribution in [3.8, 4) is 34.0 Å². The Morgan fingerprint density at radius 1 is 0.808 bits per heavy atom. The fourth-order valence-electron chi connectivity index (χ4n) is 3.02. The Morgan fingerprint density at radius 3 is 1.77 bits per heavy atom. The van der Waals surface area contributed by atoms with Gasteiger partial charge in [-0.25, -0.2) is 4.98 Å². The van der Waals surface area contributed by atoms with Gasteiger partial charge in [-0.3, -0.25) is 0 Å². The molecule has 0 unspecified atom stereocenters. The lowest BCUT2D eigenvalue weighted by Gasteiger charge is -2.19. The van der Waals surface area contributed by atoms with Crippen LogP contribution in [0.15, 0.2) is 54.9 Å². The summed E-state index contributed by atoms with van der Waals surface area (Å²) in [7, 11) is 2.06. The maximum Gasteiger partial charge on any atom is 0.118 e. The van der Waals surface area contributed by atoms with Crippen molar-refractivity contribution in [2.45, 2.75) is 25.8 Å². The Morgan fingerprint density at radius 2 is 1.31 bits per heavy atom. The zero-order valence-corrected chi connectivity index (χ0v) is 17.1. The van der Waals surface area contributed by atoms with Crippen molar-refractivity contribution in [2.75, 3.05) is 14.2 Å². The van der Waals surface area contributed by atoms with Gasteiger partial charge in [0.2, 0.25) is 0 Å². The molecule has 1 aromatic heterocycles. The van der Waals surface area contributed by atoms with E-state index >= 15 is 0 Å². The summed E-state index contributed by atoms with van der Waals surface area (Å²) in [6.07, 6.45) is 2.99. The molecule has 2 aromatic carbocycles. The molecule has 5 heteroatoms. The van der Waals surface area contributed by atoms with Crippen molar-refractivity contribution in [2.24, 2.45) is 0 Å². The van der Waals surface area contributed by atoms with Crippen LogP contribution in [-0.2, 0) is 6.17 Å². The van der Waals surface area contributed by atoms with Gasteiger partial charge >= 0.3 is 0 Å². The minimum Gasteiger partial charge on any atom is -0.497 e. The number of hydrogen-bond donors (Lipinski definition) is 0. The average molecular weight is 367 g/mol. The molecule has 0 aliphatic heterocycles. The van der Waals surface area contributed by atoms with E-state index in [-0.39, 0.29) is 0 Å². The zero-order chi connectivity index (χ0) is 18.7. The van der Waals surface area contributed by atoms with E-state index in [0.29, 0.717) is 0 Å². The molecule has 0 N–H and O–H groups in total. The molecule has 0 amide bonds. The molecule has 0 aliphatic rings. The van der Waals surface area contributed by atoms with Crippen LogP contribution in [0.5, 0.6) is 11.5 Å². The third-order valence-corrected chi connectivity index (χ3v) is 5.50. The molecule has 0 bridgehead atoms. The molecule has 0 saturated carbocycles. The van der Waals surface area contributed by atoms with Crippen LogP contribution < -0.4 is 9.47 Å². The van der Waals surface area contributed by atoms with E-state index in [4.69, 9.17) is 14.5 Å². The van der Waals surface area contributed by atoms with Crippen molar-refractivity contribution < 1.29 is 9.47 Å². The van der Waals surface area contributed by atoms with Crippen LogP contribution in [0, 0.1) is 0 Å². The normalized spacial score (nSPS) is 11.4. The number of imidazole rings is 1. The number of nitrogens with zero attached hydrogens (tertiary/aromatic N) is 2. The van der Waals surface area contributed by atoms with Gasteiger partial charge in [0.25, 0.3) is 0 Å². The van der Waals surface area contributed by atoms with E-state index in [1.807, 2.05) is 30.6 Å². The second kappa shape index (κ2) is 7.38. The SMILES string of the molecule is COc1ccc(-c2ncn(C[Si](C)(C)C)c2-c2ccc(OC)cc2)cc1. The summed E-state index contributed by atoms with van der Waals surface area (Å²) in [5.41, 5.74) is 4.38. The summed E-state index contributed by atoms with van der Waals surface area (Å²) in [6.45, 7) is 7.12. The van der Waals surface area contributed by atoms with Crippen molar-refractivity contribution >= 4 is 8.07 Å². The molecule has 0 fully saturated rings. The van der Waals surface area contributed by atoms with Gasteiger partial charge in [-0.15, -0.1) is 0 Å². The standard InChI is InChI=1S/C21H26N2O2Si/c1-24-18-10-6-16(7-11-18)20-21(17-8-12-19(25-2)13-9-17)23(14-22-20)15-26(3,4)5/h6-14H,15H2,1-5H3. The van der Waals surface area contributed by atoms with Crippen molar-refractivity contribution in [1.82, 2.24) is 9.55 Å². The average Bonchev–Trinajstić information content (AvgIpc) is 3.03. The fraction of sp³-hybridized carbons (Fsp3) is 0.286. The molecule has 0 radical (unpaired) electrons. The van der Waals surface area contributed by atoms with Gasteiger partial charge in [0.1, 0.15) is 11.5 Å². The molecule has 1 heterocycles. The van der Waals surface area contributed by atoms with Crippen LogP contribution in [0.1, 0.15) is 0 Å². The molecule has 136 valence electrons. The molecule has 26 heavy (non-hydrogen) atoms. The van der Waals surface area contributed by atoms with E-state index in [1.54, 1.807) is 14.2 Å². The predicted molar refractivity (Wildman–Crippen MR) is 110 cm³/mol. The van der Waals surface area contributed by atoms with E-state index < -0.39 is 8.07 Å². The van der Waals surface area contributed by atoms with Crippen molar-refractivity contribution in [3.63, 3.8) is 0 Å². The van der Waals surface area contributed by atoms with Crippen LogP contribution in [0.25, 0.3) is 22.5 Å². The number of hydrogen-bond acceptors (Lipinski definition) is 3. The first-order chi connectivity index (χ1) is 12.4. The lowest BCUT2D eigenvalue weighted by molar-refractivity contribution is 0.414. The highest BCUT2D eigenvalue weighted by atomic mass is 28.3. The maximum atomic E-state index is 5.31. The van der Waals surface area contributed by atoms with Gasteiger partial charge in [-0.05, 0) is 48.5 Å². The first-order valence-electron chi connectivity index (χ1n) is 8.75. The molecule has 0 atom stereocenters. The molecule has 4 nitrogen and oxygen atoms in total. The molecule has 3 aromatic rings. The van der Waals surface area contributed by atoms with Crippen molar-refractivity contribution in [1.29, 1.82) is 0 Å².